The van der Waals surface area contributed by atoms with Crippen LogP contribution in [0.15, 0.2) is 0 Å². The lowest BCUT2D eigenvalue weighted by Crippen LogP contribution is -2.57. The van der Waals surface area contributed by atoms with Gasteiger partial charge in [-0.3, -0.25) is 4.79 Å². The highest BCUT2D eigenvalue weighted by molar-refractivity contribution is 7.15. The number of nitrogens with one attached hydrogen (secondary N) is 1. The summed E-state index contributed by atoms with van der Waals surface area (Å²) in [6.45, 7) is 4.37. The van der Waals surface area contributed by atoms with Crippen LogP contribution in [0.3, 0.4) is 0 Å². The van der Waals surface area contributed by atoms with Crippen LogP contribution < -0.4 is 5.32 Å². The van der Waals surface area contributed by atoms with Crippen LogP contribution in [0.5, 0.6) is 0 Å². The van der Waals surface area contributed by atoms with Gasteiger partial charge >= 0.3 is 5.97 Å². The molecule has 3 unspecified atom stereocenters. The number of thiazole rings is 1. The Morgan fingerprint density at radius 3 is 2.90 bits per heavy atom. The van der Waals surface area contributed by atoms with Crippen LogP contribution in [-0.4, -0.2) is 35.3 Å². The molecule has 0 bridgehead atoms. The second-order valence-corrected chi connectivity index (χ2v) is 7.32. The first-order chi connectivity index (χ1) is 9.43. The topological polar surface area (TPSA) is 71.5 Å². The van der Waals surface area contributed by atoms with Crippen LogP contribution >= 0.6 is 11.3 Å². The lowest BCUT2D eigenvalue weighted by Gasteiger charge is -2.51. The zero-order valence-corrected chi connectivity index (χ0v) is 12.8. The maximum atomic E-state index is 11.2. The van der Waals surface area contributed by atoms with Gasteiger partial charge in [0.2, 0.25) is 0 Å². The Morgan fingerprint density at radius 2 is 2.30 bits per heavy atom. The molecule has 0 amide bonds. The molecule has 0 radical (unpaired) electrons. The van der Waals surface area contributed by atoms with Crippen LogP contribution in [0.25, 0.3) is 0 Å². The average Bonchev–Trinajstić information content (AvgIpc) is 2.92. The summed E-state index contributed by atoms with van der Waals surface area (Å²) in [5.41, 5.74) is 0.849. The second kappa shape index (κ2) is 4.70. The normalized spacial score (nSPS) is 30.6. The minimum absolute atomic E-state index is 0.0804. The standard InChI is InChI=1S/C14H20N2O3S/c1-14(2)9(6-10(14)19-3)15-13-16-11-7(12(17)18)4-5-8(11)20-13/h7,9-10H,4-6H2,1-3H3,(H,15,16)(H,17,18). The van der Waals surface area contributed by atoms with Gasteiger partial charge in [-0.05, 0) is 19.3 Å². The fourth-order valence-corrected chi connectivity index (χ4v) is 4.30. The van der Waals surface area contributed by atoms with Gasteiger partial charge in [-0.2, -0.15) is 0 Å². The molecule has 6 heteroatoms. The molecule has 0 aliphatic heterocycles. The summed E-state index contributed by atoms with van der Waals surface area (Å²) in [5, 5.41) is 13.5. The van der Waals surface area contributed by atoms with E-state index in [0.29, 0.717) is 12.5 Å². The molecule has 0 saturated heterocycles. The van der Waals surface area contributed by atoms with E-state index in [9.17, 15) is 9.90 Å². The first kappa shape index (κ1) is 13.8. The number of aliphatic carboxylic acids is 1. The van der Waals surface area contributed by atoms with Gasteiger partial charge in [0.1, 0.15) is 5.92 Å². The number of aryl methyl sites for hydroxylation is 1. The number of carboxylic acids is 1. The number of methoxy groups -OCH3 is 1. The van der Waals surface area contributed by atoms with E-state index >= 15 is 0 Å². The number of rotatable bonds is 4. The van der Waals surface area contributed by atoms with Gasteiger partial charge in [-0.1, -0.05) is 13.8 Å². The number of nitrogens with zero attached hydrogens (tertiary/aromatic N) is 1. The number of hydrogen-bond donors (Lipinski definition) is 2. The van der Waals surface area contributed by atoms with Crippen LogP contribution in [0.1, 0.15) is 43.2 Å². The Kier molecular flexibility index (Phi) is 3.25. The highest BCUT2D eigenvalue weighted by atomic mass is 32.1. The maximum absolute atomic E-state index is 11.2. The predicted octanol–water partition coefficient (Wildman–Crippen LogP) is 2.48. The van der Waals surface area contributed by atoms with Crippen molar-refractivity contribution in [3.8, 4) is 0 Å². The van der Waals surface area contributed by atoms with Crippen molar-refractivity contribution < 1.29 is 14.6 Å². The summed E-state index contributed by atoms with van der Waals surface area (Å²) in [7, 11) is 1.75. The smallest absolute Gasteiger partial charge is 0.312 e. The summed E-state index contributed by atoms with van der Waals surface area (Å²) in [5.74, 6) is -1.18. The third-order valence-corrected chi connectivity index (χ3v) is 5.84. The van der Waals surface area contributed by atoms with Crippen LogP contribution in [0.2, 0.25) is 0 Å². The molecule has 1 aromatic heterocycles. The lowest BCUT2D eigenvalue weighted by atomic mass is 9.64. The zero-order valence-electron chi connectivity index (χ0n) is 12.0. The van der Waals surface area contributed by atoms with Gasteiger partial charge in [0.25, 0.3) is 0 Å². The minimum Gasteiger partial charge on any atom is -0.481 e. The van der Waals surface area contributed by atoms with Gasteiger partial charge < -0.3 is 15.2 Å². The fourth-order valence-electron chi connectivity index (χ4n) is 3.21. The molecule has 1 saturated carbocycles. The molecule has 2 aliphatic carbocycles. The first-order valence-electron chi connectivity index (χ1n) is 6.95. The Balaban J connectivity index is 1.72. The SMILES string of the molecule is COC1CC(Nc2nc3c(s2)CCC3C(=O)O)C1(C)C. The van der Waals surface area contributed by atoms with Gasteiger partial charge in [0.15, 0.2) is 5.13 Å². The van der Waals surface area contributed by atoms with Gasteiger partial charge in [0, 0.05) is 23.4 Å². The van der Waals surface area contributed by atoms with Crippen LogP contribution in [0, 0.1) is 5.41 Å². The molecule has 3 atom stereocenters. The quantitative estimate of drug-likeness (QED) is 0.893. The number of anilines is 1. The number of aromatic nitrogens is 1. The van der Waals surface area contributed by atoms with E-state index in [1.807, 2.05) is 0 Å². The highest BCUT2D eigenvalue weighted by Gasteiger charge is 2.49. The Labute approximate surface area is 122 Å². The van der Waals surface area contributed by atoms with Crippen molar-refractivity contribution in [2.24, 2.45) is 5.41 Å². The van der Waals surface area contributed by atoms with Gasteiger partial charge in [-0.25, -0.2) is 4.98 Å². The second-order valence-electron chi connectivity index (χ2n) is 6.24. The van der Waals surface area contributed by atoms with Crippen molar-refractivity contribution in [1.82, 2.24) is 4.98 Å². The number of carboxylic acid groups (broad SMARTS) is 1. The van der Waals surface area contributed by atoms with Crippen molar-refractivity contribution >= 4 is 22.4 Å². The molecule has 3 rings (SSSR count). The summed E-state index contributed by atoms with van der Waals surface area (Å²) >= 11 is 1.60. The summed E-state index contributed by atoms with van der Waals surface area (Å²) in [4.78, 5) is 16.8. The number of carbonyl (C=O) groups is 1. The molecule has 110 valence electrons. The van der Waals surface area contributed by atoms with E-state index in [1.54, 1.807) is 18.4 Å². The molecule has 1 aromatic rings. The monoisotopic (exact) mass is 296 g/mol. The Hall–Kier alpha value is -1.14. The molecule has 0 spiro atoms. The van der Waals surface area contributed by atoms with Crippen molar-refractivity contribution in [2.75, 3.05) is 12.4 Å². The molecular formula is C14H20N2O3S. The molecule has 2 aliphatic rings. The average molecular weight is 296 g/mol. The van der Waals surface area contributed by atoms with Crippen LogP contribution in [0.4, 0.5) is 5.13 Å². The first-order valence-corrected chi connectivity index (χ1v) is 7.77. The van der Waals surface area contributed by atoms with Crippen molar-refractivity contribution in [3.63, 3.8) is 0 Å². The summed E-state index contributed by atoms with van der Waals surface area (Å²) in [6, 6.07) is 0.335. The lowest BCUT2D eigenvalue weighted by molar-refractivity contribution is -0.138. The molecular weight excluding hydrogens is 276 g/mol. The molecule has 0 aromatic carbocycles. The molecule has 2 N–H and O–H groups in total. The number of fused-ring (bicyclic) bond motifs is 1. The summed E-state index contributed by atoms with van der Waals surface area (Å²) < 4.78 is 5.44. The molecule has 1 fully saturated rings. The van der Waals surface area contributed by atoms with Gasteiger partial charge in [-0.15, -0.1) is 11.3 Å². The van der Waals surface area contributed by atoms with E-state index in [4.69, 9.17) is 4.74 Å². The third kappa shape index (κ3) is 2.02. The fraction of sp³-hybridized carbons (Fsp3) is 0.714. The van der Waals surface area contributed by atoms with E-state index in [0.717, 1.165) is 28.5 Å². The van der Waals surface area contributed by atoms with Crippen molar-refractivity contribution in [3.05, 3.63) is 10.6 Å². The predicted molar refractivity (Wildman–Crippen MR) is 77.4 cm³/mol. The van der Waals surface area contributed by atoms with Crippen LogP contribution in [-0.2, 0) is 16.0 Å². The number of hydrogen-bond acceptors (Lipinski definition) is 5. The maximum Gasteiger partial charge on any atom is 0.312 e. The van der Waals surface area contributed by atoms with Gasteiger partial charge in [0.05, 0.1) is 11.8 Å². The summed E-state index contributed by atoms with van der Waals surface area (Å²) in [6.07, 6.45) is 2.76. The Morgan fingerprint density at radius 1 is 1.55 bits per heavy atom. The third-order valence-electron chi connectivity index (χ3n) is 4.78. The van der Waals surface area contributed by atoms with E-state index in [-0.39, 0.29) is 11.5 Å². The van der Waals surface area contributed by atoms with E-state index in [2.05, 4.69) is 24.1 Å². The highest BCUT2D eigenvalue weighted by Crippen LogP contribution is 2.45. The number of ether oxygens (including phenoxy) is 1. The molecule has 5 nitrogen and oxygen atoms in total. The Bertz CT molecular complexity index is 541. The zero-order chi connectivity index (χ0) is 14.5. The largest absolute Gasteiger partial charge is 0.481 e. The van der Waals surface area contributed by atoms with Crippen molar-refractivity contribution in [2.45, 2.75) is 51.2 Å². The molecule has 20 heavy (non-hydrogen) atoms. The van der Waals surface area contributed by atoms with Crippen molar-refractivity contribution in [1.29, 1.82) is 0 Å². The molecule has 1 heterocycles. The van der Waals surface area contributed by atoms with E-state index < -0.39 is 11.9 Å². The van der Waals surface area contributed by atoms with E-state index in [1.165, 1.54) is 0 Å². The minimum atomic E-state index is -0.760.